The Balaban J connectivity index is 1.34. The van der Waals surface area contributed by atoms with Crippen LogP contribution in [0.15, 0.2) is 53.4 Å². The zero-order valence-corrected chi connectivity index (χ0v) is 16.8. The molecule has 0 spiro atoms. The summed E-state index contributed by atoms with van der Waals surface area (Å²) in [7, 11) is 0. The molecule has 1 aliphatic rings. The molecule has 8 heteroatoms. The standard InChI is InChI=1S/C21H22N2O5S/c1-14-5-4-6-15(11-14)27-10-9-22-19(24)13-28-20(25)12-18-21(26)23-16-7-2-3-8-17(16)29-18/h2-8,11,18H,9-10,12-13H2,1H3,(H,22,24)(H,23,26). The lowest BCUT2D eigenvalue weighted by atomic mass is 10.2. The molecule has 2 aromatic rings. The average Bonchev–Trinajstić information content (AvgIpc) is 2.70. The smallest absolute Gasteiger partial charge is 0.307 e. The number of anilines is 1. The molecule has 2 N–H and O–H groups in total. The largest absolute Gasteiger partial charge is 0.492 e. The fraction of sp³-hybridized carbons (Fsp3) is 0.286. The second kappa shape index (κ2) is 9.97. The highest BCUT2D eigenvalue weighted by atomic mass is 32.2. The van der Waals surface area contributed by atoms with Gasteiger partial charge in [-0.25, -0.2) is 0 Å². The van der Waals surface area contributed by atoms with Crippen LogP contribution in [0.4, 0.5) is 5.69 Å². The number of benzene rings is 2. The van der Waals surface area contributed by atoms with Crippen LogP contribution in [-0.2, 0) is 19.1 Å². The summed E-state index contributed by atoms with van der Waals surface area (Å²) in [6.45, 7) is 2.18. The van der Waals surface area contributed by atoms with Gasteiger partial charge in [0.1, 0.15) is 12.4 Å². The number of para-hydroxylation sites is 1. The van der Waals surface area contributed by atoms with Crippen LogP contribution in [0.25, 0.3) is 0 Å². The van der Waals surface area contributed by atoms with Crippen LogP contribution in [0.3, 0.4) is 0 Å². The minimum atomic E-state index is -0.594. The minimum absolute atomic E-state index is 0.103. The monoisotopic (exact) mass is 414 g/mol. The van der Waals surface area contributed by atoms with E-state index < -0.39 is 23.7 Å². The van der Waals surface area contributed by atoms with Crippen molar-refractivity contribution in [2.45, 2.75) is 23.5 Å². The van der Waals surface area contributed by atoms with Gasteiger partial charge in [-0.2, -0.15) is 0 Å². The first-order chi connectivity index (χ1) is 14.0. The molecule has 3 rings (SSSR count). The van der Waals surface area contributed by atoms with E-state index in [0.717, 1.165) is 21.9 Å². The predicted molar refractivity (Wildman–Crippen MR) is 110 cm³/mol. The number of hydrogen-bond donors (Lipinski definition) is 2. The van der Waals surface area contributed by atoms with Crippen molar-refractivity contribution in [3.8, 4) is 5.75 Å². The number of fused-ring (bicyclic) bond motifs is 1. The number of nitrogens with one attached hydrogen (secondary N) is 2. The second-order valence-corrected chi connectivity index (χ2v) is 7.72. The van der Waals surface area contributed by atoms with Crippen molar-refractivity contribution >= 4 is 35.2 Å². The van der Waals surface area contributed by atoms with E-state index in [2.05, 4.69) is 10.6 Å². The Morgan fingerprint density at radius 3 is 2.83 bits per heavy atom. The number of thioether (sulfide) groups is 1. The highest BCUT2D eigenvalue weighted by Crippen LogP contribution is 2.36. The maximum Gasteiger partial charge on any atom is 0.307 e. The summed E-state index contributed by atoms with van der Waals surface area (Å²) in [4.78, 5) is 36.8. The number of rotatable bonds is 8. The zero-order valence-electron chi connectivity index (χ0n) is 16.0. The van der Waals surface area contributed by atoms with Gasteiger partial charge in [0.05, 0.1) is 23.9 Å². The van der Waals surface area contributed by atoms with Gasteiger partial charge in [-0.3, -0.25) is 14.4 Å². The quantitative estimate of drug-likeness (QED) is 0.509. The van der Waals surface area contributed by atoms with Crippen LogP contribution >= 0.6 is 11.8 Å². The Morgan fingerprint density at radius 1 is 1.17 bits per heavy atom. The van der Waals surface area contributed by atoms with Gasteiger partial charge >= 0.3 is 5.97 Å². The first-order valence-corrected chi connectivity index (χ1v) is 10.1. The number of carbonyl (C=O) groups is 3. The normalized spacial score (nSPS) is 15.1. The number of ether oxygens (including phenoxy) is 2. The molecular weight excluding hydrogens is 392 g/mol. The third-order valence-corrected chi connectivity index (χ3v) is 5.38. The number of aryl methyl sites for hydroxylation is 1. The molecule has 0 aromatic heterocycles. The van der Waals surface area contributed by atoms with Gasteiger partial charge in [-0.15, -0.1) is 11.8 Å². The molecule has 0 bridgehead atoms. The Morgan fingerprint density at radius 2 is 2.00 bits per heavy atom. The maximum atomic E-state index is 12.1. The fourth-order valence-corrected chi connectivity index (χ4v) is 3.79. The number of amides is 2. The van der Waals surface area contributed by atoms with Crippen LogP contribution < -0.4 is 15.4 Å². The number of esters is 1. The van der Waals surface area contributed by atoms with Gasteiger partial charge < -0.3 is 20.1 Å². The number of carbonyl (C=O) groups excluding carboxylic acids is 3. The van der Waals surface area contributed by atoms with E-state index >= 15 is 0 Å². The van der Waals surface area contributed by atoms with Crippen LogP contribution in [0.5, 0.6) is 5.75 Å². The van der Waals surface area contributed by atoms with Crippen molar-refractivity contribution in [1.82, 2.24) is 5.32 Å². The molecule has 1 unspecified atom stereocenters. The SMILES string of the molecule is Cc1cccc(OCCNC(=O)COC(=O)CC2Sc3ccccc3NC2=O)c1. The van der Waals surface area contributed by atoms with E-state index in [-0.39, 0.29) is 12.3 Å². The van der Waals surface area contributed by atoms with Crippen LogP contribution in [0.2, 0.25) is 0 Å². The minimum Gasteiger partial charge on any atom is -0.492 e. The van der Waals surface area contributed by atoms with E-state index in [1.807, 2.05) is 55.5 Å². The lowest BCUT2D eigenvalue weighted by molar-refractivity contribution is -0.149. The highest BCUT2D eigenvalue weighted by Gasteiger charge is 2.29. The van der Waals surface area contributed by atoms with E-state index in [0.29, 0.717) is 13.2 Å². The first-order valence-electron chi connectivity index (χ1n) is 9.19. The van der Waals surface area contributed by atoms with Crippen LogP contribution in [-0.4, -0.2) is 42.8 Å². The summed E-state index contributed by atoms with van der Waals surface area (Å²) >= 11 is 1.31. The predicted octanol–water partition coefficient (Wildman–Crippen LogP) is 2.54. The van der Waals surface area contributed by atoms with Gasteiger partial charge in [0.15, 0.2) is 6.61 Å². The third kappa shape index (κ3) is 6.25. The van der Waals surface area contributed by atoms with Crippen molar-refractivity contribution in [3.63, 3.8) is 0 Å². The first kappa shape index (κ1) is 20.7. The Hall–Kier alpha value is -3.00. The summed E-state index contributed by atoms with van der Waals surface area (Å²) in [6, 6.07) is 15.0. The fourth-order valence-electron chi connectivity index (χ4n) is 2.70. The summed E-state index contributed by atoms with van der Waals surface area (Å²) in [6.07, 6.45) is -0.103. The lowest BCUT2D eigenvalue weighted by Crippen LogP contribution is -2.34. The number of hydrogen-bond acceptors (Lipinski definition) is 6. The van der Waals surface area contributed by atoms with E-state index in [1.165, 1.54) is 11.8 Å². The molecule has 1 aliphatic heterocycles. The molecular formula is C21H22N2O5S. The van der Waals surface area contributed by atoms with Crippen molar-refractivity contribution in [1.29, 1.82) is 0 Å². The van der Waals surface area contributed by atoms with Crippen molar-refractivity contribution in [2.75, 3.05) is 25.1 Å². The van der Waals surface area contributed by atoms with Crippen LogP contribution in [0.1, 0.15) is 12.0 Å². The van der Waals surface area contributed by atoms with Crippen molar-refractivity contribution < 1.29 is 23.9 Å². The molecule has 0 radical (unpaired) electrons. The second-order valence-electron chi connectivity index (χ2n) is 6.47. The molecule has 152 valence electrons. The van der Waals surface area contributed by atoms with Gasteiger partial charge in [0.2, 0.25) is 5.91 Å². The van der Waals surface area contributed by atoms with E-state index in [1.54, 1.807) is 0 Å². The Labute approximate surface area is 173 Å². The molecule has 2 aromatic carbocycles. The molecule has 1 atom stereocenters. The molecule has 0 fully saturated rings. The van der Waals surface area contributed by atoms with Gasteiger partial charge in [0.25, 0.3) is 5.91 Å². The molecule has 1 heterocycles. The molecule has 29 heavy (non-hydrogen) atoms. The summed E-state index contributed by atoms with van der Waals surface area (Å²) in [5, 5.41) is 4.81. The summed E-state index contributed by atoms with van der Waals surface area (Å²) in [5.41, 5.74) is 1.83. The lowest BCUT2D eigenvalue weighted by Gasteiger charge is -2.23. The van der Waals surface area contributed by atoms with Crippen molar-refractivity contribution in [3.05, 3.63) is 54.1 Å². The molecule has 0 saturated carbocycles. The van der Waals surface area contributed by atoms with E-state index in [4.69, 9.17) is 9.47 Å². The highest BCUT2D eigenvalue weighted by molar-refractivity contribution is 8.01. The van der Waals surface area contributed by atoms with Crippen molar-refractivity contribution in [2.24, 2.45) is 0 Å². The summed E-state index contributed by atoms with van der Waals surface area (Å²) < 4.78 is 10.5. The van der Waals surface area contributed by atoms with Crippen LogP contribution in [0, 0.1) is 6.92 Å². The van der Waals surface area contributed by atoms with Gasteiger partial charge in [0, 0.05) is 4.90 Å². The molecule has 0 aliphatic carbocycles. The molecule has 0 saturated heterocycles. The van der Waals surface area contributed by atoms with E-state index in [9.17, 15) is 14.4 Å². The third-order valence-electron chi connectivity index (χ3n) is 4.11. The summed E-state index contributed by atoms with van der Waals surface area (Å²) in [5.74, 6) is -0.528. The molecule has 7 nitrogen and oxygen atoms in total. The topological polar surface area (TPSA) is 93.7 Å². The molecule has 2 amide bonds. The van der Waals surface area contributed by atoms with Gasteiger partial charge in [-0.1, -0.05) is 24.3 Å². The average molecular weight is 414 g/mol. The maximum absolute atomic E-state index is 12.1. The van der Waals surface area contributed by atoms with Gasteiger partial charge in [-0.05, 0) is 36.8 Å². The Kier molecular flexibility index (Phi) is 7.13. The Bertz CT molecular complexity index is 902. The zero-order chi connectivity index (χ0) is 20.6.